The number of benzene rings is 2. The van der Waals surface area contributed by atoms with E-state index in [1.807, 2.05) is 88.4 Å². The molecule has 14 nitrogen and oxygen atoms in total. The average Bonchev–Trinajstić information content (AvgIpc) is 3.06. The Kier molecular flexibility index (Phi) is 17.4. The number of hydrazine groups is 2. The van der Waals surface area contributed by atoms with Crippen LogP contribution < -0.4 is 32.3 Å². The molecule has 8 N–H and O–H groups in total. The summed E-state index contributed by atoms with van der Waals surface area (Å²) in [6.45, 7) is 10.8. The van der Waals surface area contributed by atoms with Gasteiger partial charge in [0.25, 0.3) is 0 Å². The molecule has 0 radical (unpaired) electrons. The highest BCUT2D eigenvalue weighted by atomic mass is 16.6. The van der Waals surface area contributed by atoms with Crippen LogP contribution in [0.3, 0.4) is 0 Å². The van der Waals surface area contributed by atoms with Crippen LogP contribution in [0.15, 0.2) is 60.7 Å². The van der Waals surface area contributed by atoms with E-state index in [-0.39, 0.29) is 25.0 Å². The van der Waals surface area contributed by atoms with Gasteiger partial charge in [-0.3, -0.25) is 20.4 Å². The third-order valence-electron chi connectivity index (χ3n) is 7.27. The summed E-state index contributed by atoms with van der Waals surface area (Å²) >= 11 is 0. The second-order valence-electron chi connectivity index (χ2n) is 12.6. The Morgan fingerprint density at radius 1 is 0.583 bits per heavy atom. The molecule has 4 amide bonds. The van der Waals surface area contributed by atoms with Crippen LogP contribution in [0.2, 0.25) is 0 Å². The monoisotopic (exact) mass is 672 g/mol. The molecule has 0 unspecified atom stereocenters. The van der Waals surface area contributed by atoms with Crippen molar-refractivity contribution in [3.05, 3.63) is 71.8 Å². The molecule has 0 aliphatic carbocycles. The van der Waals surface area contributed by atoms with Crippen LogP contribution in [-0.4, -0.2) is 70.6 Å². The lowest BCUT2D eigenvalue weighted by molar-refractivity contribution is -0.128. The van der Waals surface area contributed by atoms with E-state index in [0.717, 1.165) is 11.1 Å². The molecule has 0 saturated heterocycles. The van der Waals surface area contributed by atoms with Crippen molar-refractivity contribution in [3.63, 3.8) is 0 Å². The first kappa shape index (κ1) is 39.9. The third kappa shape index (κ3) is 15.1. The number of amides is 4. The summed E-state index contributed by atoms with van der Waals surface area (Å²) in [5, 5.41) is 28.1. The Balaban J connectivity index is 1.94. The van der Waals surface area contributed by atoms with Crippen molar-refractivity contribution in [2.24, 2.45) is 11.8 Å². The minimum Gasteiger partial charge on any atom is -0.444 e. The predicted molar refractivity (Wildman–Crippen MR) is 180 cm³/mol. The Morgan fingerprint density at radius 3 is 1.23 bits per heavy atom. The Morgan fingerprint density at radius 2 is 0.917 bits per heavy atom. The molecule has 0 aliphatic rings. The van der Waals surface area contributed by atoms with Gasteiger partial charge in [0.2, 0.25) is 11.8 Å². The average molecular weight is 673 g/mol. The number of hydrogen-bond acceptors (Lipinski definition) is 10. The second-order valence-corrected chi connectivity index (χ2v) is 12.6. The highest BCUT2D eigenvalue weighted by Crippen LogP contribution is 2.18. The van der Waals surface area contributed by atoms with Crippen molar-refractivity contribution < 1.29 is 38.9 Å². The van der Waals surface area contributed by atoms with E-state index in [1.165, 1.54) is 13.8 Å². The maximum atomic E-state index is 13.0. The molecule has 0 spiro atoms. The zero-order chi connectivity index (χ0) is 35.6. The first-order valence-electron chi connectivity index (χ1n) is 16.2. The molecule has 0 heterocycles. The van der Waals surface area contributed by atoms with Crippen LogP contribution in [0.1, 0.15) is 65.5 Å². The van der Waals surface area contributed by atoms with Gasteiger partial charge in [0.15, 0.2) is 0 Å². The quantitative estimate of drug-likeness (QED) is 0.103. The fraction of sp³-hybridized carbons (Fsp3) is 0.529. The fourth-order valence-electron chi connectivity index (χ4n) is 4.66. The second kappa shape index (κ2) is 20.9. The Bertz CT molecular complexity index is 1170. The molecule has 0 bridgehead atoms. The highest BCUT2D eigenvalue weighted by Gasteiger charge is 2.36. The van der Waals surface area contributed by atoms with Gasteiger partial charge < -0.3 is 30.3 Å². The van der Waals surface area contributed by atoms with Crippen molar-refractivity contribution in [1.82, 2.24) is 32.3 Å². The summed E-state index contributed by atoms with van der Waals surface area (Å²) in [6.07, 6.45) is -3.82. The molecular weight excluding hydrogens is 620 g/mol. The van der Waals surface area contributed by atoms with Gasteiger partial charge in [-0.2, -0.15) is 0 Å². The van der Waals surface area contributed by atoms with Gasteiger partial charge in [0.05, 0.1) is 12.1 Å². The van der Waals surface area contributed by atoms with E-state index >= 15 is 0 Å². The van der Waals surface area contributed by atoms with Gasteiger partial charge in [-0.25, -0.2) is 20.4 Å². The van der Waals surface area contributed by atoms with Gasteiger partial charge in [0.1, 0.15) is 37.5 Å². The van der Waals surface area contributed by atoms with E-state index in [2.05, 4.69) is 32.3 Å². The van der Waals surface area contributed by atoms with Crippen LogP contribution in [0.25, 0.3) is 0 Å². The van der Waals surface area contributed by atoms with E-state index in [4.69, 9.17) is 9.47 Å². The topological polar surface area (TPSA) is 199 Å². The maximum Gasteiger partial charge on any atom is 0.421 e. The molecule has 6 atom stereocenters. The SMILES string of the molecule is CC(C)C[C@H](NC(=O)[C@H](C)NNC(=O)OCc1ccccc1)[C@@H](O)[C@H](O)[C@H](CC(C)C)NC(=O)[C@H](C)NNC(=O)OCc1ccccc1. The van der Waals surface area contributed by atoms with Crippen LogP contribution >= 0.6 is 0 Å². The number of carbonyl (C=O) groups excluding carboxylic acids is 4. The molecule has 14 heteroatoms. The summed E-state index contributed by atoms with van der Waals surface area (Å²) in [7, 11) is 0. The molecule has 0 aromatic heterocycles. The summed E-state index contributed by atoms with van der Waals surface area (Å²) in [5.41, 5.74) is 11.4. The molecular formula is C34H52N6O8. The highest BCUT2D eigenvalue weighted by molar-refractivity contribution is 5.82. The van der Waals surface area contributed by atoms with Gasteiger partial charge in [0, 0.05) is 0 Å². The normalized spacial score (nSPS) is 15.0. The minimum absolute atomic E-state index is 0.0292. The van der Waals surface area contributed by atoms with E-state index < -0.39 is 60.4 Å². The standard InChI is InChI=1S/C34H52N6O8/c1-21(2)17-27(35-31(43)23(5)37-39-33(45)47-19-25-13-9-7-10-14-25)29(41)30(42)28(18-22(3)4)36-32(44)24(6)38-40-34(46)48-20-26-15-11-8-12-16-26/h7-16,21-24,27-30,37-38,41-42H,17-20H2,1-6H3,(H,35,43)(H,36,44)(H,39,45)(H,40,46)/t23-,24-,27-,28-,29+,30+/m0/s1. The van der Waals surface area contributed by atoms with E-state index in [1.54, 1.807) is 0 Å². The summed E-state index contributed by atoms with van der Waals surface area (Å²) < 4.78 is 10.3. The van der Waals surface area contributed by atoms with Crippen molar-refractivity contribution in [2.75, 3.05) is 0 Å². The lowest BCUT2D eigenvalue weighted by atomic mass is 9.89. The van der Waals surface area contributed by atoms with E-state index in [9.17, 15) is 29.4 Å². The lowest BCUT2D eigenvalue weighted by Crippen LogP contribution is -2.60. The smallest absolute Gasteiger partial charge is 0.421 e. The Hall–Kier alpha value is -4.24. The summed E-state index contributed by atoms with van der Waals surface area (Å²) in [5.74, 6) is -1.02. The summed E-state index contributed by atoms with van der Waals surface area (Å²) in [6, 6.07) is 14.6. The zero-order valence-electron chi connectivity index (χ0n) is 28.6. The third-order valence-corrected chi connectivity index (χ3v) is 7.27. The largest absolute Gasteiger partial charge is 0.444 e. The molecule has 2 rings (SSSR count). The van der Waals surface area contributed by atoms with Gasteiger partial charge >= 0.3 is 12.2 Å². The van der Waals surface area contributed by atoms with Crippen LogP contribution in [0, 0.1) is 11.8 Å². The Labute approximate surface area is 282 Å². The number of nitrogens with one attached hydrogen (secondary N) is 6. The number of aliphatic hydroxyl groups is 2. The van der Waals surface area contributed by atoms with Crippen molar-refractivity contribution in [3.8, 4) is 0 Å². The molecule has 48 heavy (non-hydrogen) atoms. The van der Waals surface area contributed by atoms with Crippen LogP contribution in [-0.2, 0) is 32.3 Å². The molecule has 0 aliphatic heterocycles. The predicted octanol–water partition coefficient (Wildman–Crippen LogP) is 2.41. The number of carbonyl (C=O) groups is 4. The molecule has 0 saturated carbocycles. The number of rotatable bonds is 19. The maximum absolute atomic E-state index is 13.0. The number of ether oxygens (including phenoxy) is 2. The zero-order valence-corrected chi connectivity index (χ0v) is 28.6. The first-order chi connectivity index (χ1) is 22.8. The fourth-order valence-corrected chi connectivity index (χ4v) is 4.66. The van der Waals surface area contributed by atoms with Crippen molar-refractivity contribution >= 4 is 24.0 Å². The van der Waals surface area contributed by atoms with E-state index in [0.29, 0.717) is 12.8 Å². The minimum atomic E-state index is -1.45. The molecule has 266 valence electrons. The number of aliphatic hydroxyl groups excluding tert-OH is 2. The van der Waals surface area contributed by atoms with Crippen molar-refractivity contribution in [2.45, 2.75) is 104 Å². The van der Waals surface area contributed by atoms with Gasteiger partial charge in [-0.15, -0.1) is 0 Å². The van der Waals surface area contributed by atoms with Gasteiger partial charge in [-0.05, 0) is 49.7 Å². The first-order valence-corrected chi connectivity index (χ1v) is 16.2. The summed E-state index contributed by atoms with van der Waals surface area (Å²) in [4.78, 5) is 50.3. The van der Waals surface area contributed by atoms with Crippen LogP contribution in [0.5, 0.6) is 0 Å². The molecule has 0 fully saturated rings. The lowest BCUT2D eigenvalue weighted by Gasteiger charge is -2.35. The number of hydrogen-bond donors (Lipinski definition) is 8. The van der Waals surface area contributed by atoms with Crippen molar-refractivity contribution in [1.29, 1.82) is 0 Å². The molecule has 2 aromatic rings. The molecule has 2 aromatic carbocycles. The van der Waals surface area contributed by atoms with Crippen LogP contribution in [0.4, 0.5) is 9.59 Å². The van der Waals surface area contributed by atoms with Gasteiger partial charge in [-0.1, -0.05) is 88.4 Å².